The van der Waals surface area contributed by atoms with Crippen LogP contribution in [-0.2, 0) is 20.8 Å². The van der Waals surface area contributed by atoms with Crippen molar-refractivity contribution in [2.45, 2.75) is 26.2 Å². The Morgan fingerprint density at radius 2 is 1.86 bits per heavy atom. The fourth-order valence-corrected chi connectivity index (χ4v) is 3.33. The van der Waals surface area contributed by atoms with Gasteiger partial charge in [0.15, 0.2) is 5.79 Å². The van der Waals surface area contributed by atoms with E-state index in [2.05, 4.69) is 22.0 Å². The van der Waals surface area contributed by atoms with Crippen molar-refractivity contribution in [1.82, 2.24) is 14.5 Å². The number of ether oxygens (including phenoxy) is 3. The van der Waals surface area contributed by atoms with Gasteiger partial charge in [0, 0.05) is 58.3 Å². The van der Waals surface area contributed by atoms with Gasteiger partial charge in [-0.05, 0) is 31.2 Å². The molecule has 0 N–H and O–H groups in total. The van der Waals surface area contributed by atoms with Crippen LogP contribution in [0.15, 0.2) is 43.0 Å². The summed E-state index contributed by atoms with van der Waals surface area (Å²) >= 11 is 0. The third-order valence-corrected chi connectivity index (χ3v) is 5.15. The molecule has 8 nitrogen and oxygen atoms in total. The van der Waals surface area contributed by atoms with Crippen molar-refractivity contribution in [3.8, 4) is 5.75 Å². The van der Waals surface area contributed by atoms with Crippen molar-refractivity contribution in [3.05, 3.63) is 43.0 Å². The Hall–Kier alpha value is -2.58. The quantitative estimate of drug-likeness (QED) is 0.472. The average Bonchev–Trinajstić information content (AvgIpc) is 3.24. The largest absolute Gasteiger partial charge is 0.491 e. The Balaban J connectivity index is 1.41. The highest BCUT2D eigenvalue weighted by atomic mass is 16.7. The van der Waals surface area contributed by atoms with Crippen LogP contribution in [0.25, 0.3) is 0 Å². The molecular formula is C21H30N4O4. The molecule has 1 aliphatic rings. The average molecular weight is 402 g/mol. The molecule has 1 amide bonds. The van der Waals surface area contributed by atoms with Crippen LogP contribution >= 0.6 is 0 Å². The molecule has 8 heteroatoms. The lowest BCUT2D eigenvalue weighted by atomic mass is 10.2. The molecule has 29 heavy (non-hydrogen) atoms. The first kappa shape index (κ1) is 21.1. The van der Waals surface area contributed by atoms with Gasteiger partial charge in [-0.15, -0.1) is 0 Å². The van der Waals surface area contributed by atoms with E-state index in [-0.39, 0.29) is 5.91 Å². The molecule has 1 unspecified atom stereocenters. The molecule has 0 bridgehead atoms. The number of nitrogens with zero attached hydrogens (tertiary/aromatic N) is 4. The van der Waals surface area contributed by atoms with E-state index >= 15 is 0 Å². The van der Waals surface area contributed by atoms with Gasteiger partial charge < -0.3 is 28.6 Å². The summed E-state index contributed by atoms with van der Waals surface area (Å²) in [5, 5.41) is 0. The first-order valence-corrected chi connectivity index (χ1v) is 9.87. The summed E-state index contributed by atoms with van der Waals surface area (Å²) in [6.45, 7) is 8.14. The fraction of sp³-hybridized carbons (Fsp3) is 0.524. The second-order valence-corrected chi connectivity index (χ2v) is 7.26. The van der Waals surface area contributed by atoms with Gasteiger partial charge in [0.05, 0.1) is 19.5 Å². The van der Waals surface area contributed by atoms with Crippen LogP contribution in [0.5, 0.6) is 5.75 Å². The number of benzene rings is 1. The molecular weight excluding hydrogens is 372 g/mol. The van der Waals surface area contributed by atoms with Crippen molar-refractivity contribution in [1.29, 1.82) is 0 Å². The molecule has 3 rings (SSSR count). The molecule has 1 aliphatic heterocycles. The number of methoxy groups -OCH3 is 1. The summed E-state index contributed by atoms with van der Waals surface area (Å²) < 4.78 is 19.1. The van der Waals surface area contributed by atoms with Crippen molar-refractivity contribution in [2.24, 2.45) is 0 Å². The van der Waals surface area contributed by atoms with E-state index < -0.39 is 5.79 Å². The van der Waals surface area contributed by atoms with Crippen LogP contribution in [0, 0.1) is 0 Å². The van der Waals surface area contributed by atoms with E-state index in [1.54, 1.807) is 26.6 Å². The molecule has 2 heterocycles. The molecule has 0 aliphatic carbocycles. The minimum atomic E-state index is -0.740. The summed E-state index contributed by atoms with van der Waals surface area (Å²) in [6.07, 6.45) is 5.34. The first-order valence-electron chi connectivity index (χ1n) is 9.87. The molecule has 0 spiro atoms. The van der Waals surface area contributed by atoms with E-state index in [0.717, 1.165) is 37.6 Å². The van der Waals surface area contributed by atoms with Gasteiger partial charge in [-0.1, -0.05) is 0 Å². The third kappa shape index (κ3) is 5.95. The molecule has 1 fully saturated rings. The predicted molar refractivity (Wildman–Crippen MR) is 110 cm³/mol. The lowest BCUT2D eigenvalue weighted by Crippen LogP contribution is -2.48. The Bertz CT molecular complexity index is 757. The SMILES string of the molecule is COC(C)(Cn1ccnc1)OCCOc1ccc(N2CCN(C(C)=O)CC2)cc1. The fourth-order valence-electron chi connectivity index (χ4n) is 3.33. The number of imidazole rings is 1. The van der Waals surface area contributed by atoms with Crippen LogP contribution in [0.2, 0.25) is 0 Å². The van der Waals surface area contributed by atoms with Crippen molar-refractivity contribution >= 4 is 11.6 Å². The van der Waals surface area contributed by atoms with Crippen LogP contribution in [0.1, 0.15) is 13.8 Å². The van der Waals surface area contributed by atoms with Gasteiger partial charge in [0.2, 0.25) is 5.91 Å². The van der Waals surface area contributed by atoms with Gasteiger partial charge in [0.1, 0.15) is 12.4 Å². The number of piperazine rings is 1. The third-order valence-electron chi connectivity index (χ3n) is 5.15. The number of anilines is 1. The van der Waals surface area contributed by atoms with Crippen molar-refractivity contribution in [3.63, 3.8) is 0 Å². The van der Waals surface area contributed by atoms with Crippen molar-refractivity contribution < 1.29 is 19.0 Å². The molecule has 1 aromatic heterocycles. The van der Waals surface area contributed by atoms with E-state index in [1.807, 2.05) is 34.7 Å². The Kier molecular flexibility index (Phi) is 7.11. The number of hydrogen-bond acceptors (Lipinski definition) is 6. The maximum atomic E-state index is 11.4. The maximum Gasteiger partial charge on any atom is 0.219 e. The number of aromatic nitrogens is 2. The molecule has 1 aromatic carbocycles. The van der Waals surface area contributed by atoms with Crippen LogP contribution in [0.3, 0.4) is 0 Å². The first-order chi connectivity index (χ1) is 14.0. The van der Waals surface area contributed by atoms with E-state index in [4.69, 9.17) is 14.2 Å². The lowest BCUT2D eigenvalue weighted by molar-refractivity contribution is -0.220. The van der Waals surface area contributed by atoms with Crippen LogP contribution in [0.4, 0.5) is 5.69 Å². The smallest absolute Gasteiger partial charge is 0.219 e. The maximum absolute atomic E-state index is 11.4. The summed E-state index contributed by atoms with van der Waals surface area (Å²) in [7, 11) is 1.63. The highest BCUT2D eigenvalue weighted by molar-refractivity contribution is 5.73. The second kappa shape index (κ2) is 9.76. The Labute approximate surface area is 172 Å². The summed E-state index contributed by atoms with van der Waals surface area (Å²) in [6, 6.07) is 8.04. The zero-order valence-corrected chi connectivity index (χ0v) is 17.4. The lowest BCUT2D eigenvalue weighted by Gasteiger charge is -2.35. The number of carbonyl (C=O) groups is 1. The van der Waals surface area contributed by atoms with Crippen LogP contribution in [-0.4, -0.2) is 72.6 Å². The second-order valence-electron chi connectivity index (χ2n) is 7.26. The van der Waals surface area contributed by atoms with Crippen LogP contribution < -0.4 is 9.64 Å². The monoisotopic (exact) mass is 402 g/mol. The topological polar surface area (TPSA) is 69.1 Å². The minimum absolute atomic E-state index is 0.144. The minimum Gasteiger partial charge on any atom is -0.491 e. The van der Waals surface area contributed by atoms with Gasteiger partial charge in [-0.25, -0.2) is 4.98 Å². The number of rotatable bonds is 9. The molecule has 0 saturated carbocycles. The Morgan fingerprint density at radius 3 is 2.45 bits per heavy atom. The molecule has 0 radical (unpaired) electrons. The predicted octanol–water partition coefficient (Wildman–Crippen LogP) is 2.01. The molecule has 1 atom stereocenters. The van der Waals surface area contributed by atoms with E-state index in [1.165, 1.54) is 0 Å². The zero-order valence-electron chi connectivity index (χ0n) is 17.4. The zero-order chi connectivity index (χ0) is 20.7. The summed E-state index contributed by atoms with van der Waals surface area (Å²) in [5.74, 6) is 0.203. The molecule has 1 saturated heterocycles. The normalized spacial score (nSPS) is 16.5. The number of amides is 1. The summed E-state index contributed by atoms with van der Waals surface area (Å²) in [5.41, 5.74) is 1.14. The highest BCUT2D eigenvalue weighted by Crippen LogP contribution is 2.21. The van der Waals surface area contributed by atoms with Gasteiger partial charge >= 0.3 is 0 Å². The highest BCUT2D eigenvalue weighted by Gasteiger charge is 2.25. The van der Waals surface area contributed by atoms with Gasteiger partial charge in [-0.3, -0.25) is 4.79 Å². The van der Waals surface area contributed by atoms with Gasteiger partial charge in [-0.2, -0.15) is 0 Å². The standard InChI is InChI=1S/C21H30N4O4/c1-18(26)24-10-12-25(13-11-24)19-4-6-20(7-5-19)28-14-15-29-21(2,27-3)16-23-9-8-22-17-23/h4-9,17H,10-16H2,1-3H3. The molecule has 2 aromatic rings. The molecule has 158 valence electrons. The van der Waals surface area contributed by atoms with E-state index in [0.29, 0.717) is 19.8 Å². The van der Waals surface area contributed by atoms with Crippen molar-refractivity contribution in [2.75, 3.05) is 51.4 Å². The number of hydrogen-bond donors (Lipinski definition) is 0. The van der Waals surface area contributed by atoms with Gasteiger partial charge in [0.25, 0.3) is 0 Å². The summed E-state index contributed by atoms with van der Waals surface area (Å²) in [4.78, 5) is 19.6. The Morgan fingerprint density at radius 1 is 1.14 bits per heavy atom. The number of carbonyl (C=O) groups excluding carboxylic acids is 1. The van der Waals surface area contributed by atoms with E-state index in [9.17, 15) is 4.79 Å².